The predicted molar refractivity (Wildman–Crippen MR) is 73.6 cm³/mol. The fraction of sp³-hybridized carbons (Fsp3) is 0.375. The Kier molecular flexibility index (Phi) is 3.30. The van der Waals surface area contributed by atoms with Gasteiger partial charge in [-0.3, -0.25) is 9.59 Å². The molecule has 1 aromatic rings. The lowest BCUT2D eigenvalue weighted by atomic mass is 9.82. The summed E-state index contributed by atoms with van der Waals surface area (Å²) in [5.74, 6) is -1.89. The quantitative estimate of drug-likeness (QED) is 0.821. The lowest BCUT2D eigenvalue weighted by Crippen LogP contribution is -2.39. The number of rotatable bonds is 4. The molecule has 0 unspecified atom stereocenters. The molecule has 0 radical (unpaired) electrons. The van der Waals surface area contributed by atoms with E-state index >= 15 is 0 Å². The first-order chi connectivity index (χ1) is 9.66. The number of carbonyl (C=O) groups excluding carboxylic acids is 1. The first kappa shape index (κ1) is 12.9. The highest BCUT2D eigenvalue weighted by Gasteiger charge is 2.51. The van der Waals surface area contributed by atoms with Gasteiger partial charge in [-0.2, -0.15) is 0 Å². The first-order valence-corrected chi connectivity index (χ1v) is 6.89. The summed E-state index contributed by atoms with van der Waals surface area (Å²) >= 11 is 0. The fourth-order valence-electron chi connectivity index (χ4n) is 3.42. The van der Waals surface area contributed by atoms with Gasteiger partial charge in [0.1, 0.15) is 0 Å². The van der Waals surface area contributed by atoms with Crippen LogP contribution in [0.25, 0.3) is 0 Å². The summed E-state index contributed by atoms with van der Waals surface area (Å²) in [6.45, 7) is 0.448. The molecule has 4 atom stereocenters. The molecule has 1 aromatic carbocycles. The number of hydrogen-bond acceptors (Lipinski definition) is 2. The van der Waals surface area contributed by atoms with Gasteiger partial charge in [-0.25, -0.2) is 0 Å². The molecular formula is C16H17NO3. The molecular weight excluding hydrogens is 254 g/mol. The van der Waals surface area contributed by atoms with E-state index in [0.29, 0.717) is 6.54 Å². The van der Waals surface area contributed by atoms with Crippen molar-refractivity contribution in [3.05, 3.63) is 48.0 Å². The fourth-order valence-corrected chi connectivity index (χ4v) is 3.42. The summed E-state index contributed by atoms with van der Waals surface area (Å²) in [4.78, 5) is 23.7. The topological polar surface area (TPSA) is 66.4 Å². The molecule has 0 aliphatic heterocycles. The van der Waals surface area contributed by atoms with Crippen molar-refractivity contribution in [2.45, 2.75) is 13.0 Å². The average molecular weight is 271 g/mol. The molecule has 2 bridgehead atoms. The van der Waals surface area contributed by atoms with E-state index in [1.807, 2.05) is 42.5 Å². The SMILES string of the molecule is O=C(O)[C@@H]1[C@@H](C(=O)NCc2ccccc2)[C@H]2C=C[C@H]1C2. The standard InChI is InChI=1S/C16H17NO3/c18-15(17-9-10-4-2-1-3-5-10)13-11-6-7-12(8-11)14(13)16(19)20/h1-7,11-14H,8-9H2,(H,17,18)(H,19,20)/t11-,12-,13-,14-/m0/s1. The Balaban J connectivity index is 1.68. The summed E-state index contributed by atoms with van der Waals surface area (Å²) in [5.41, 5.74) is 1.02. The van der Waals surface area contributed by atoms with Gasteiger partial charge in [-0.05, 0) is 23.8 Å². The summed E-state index contributed by atoms with van der Waals surface area (Å²) in [5, 5.41) is 12.2. The molecule has 104 valence electrons. The van der Waals surface area contributed by atoms with E-state index in [-0.39, 0.29) is 17.7 Å². The van der Waals surface area contributed by atoms with Gasteiger partial charge in [0.05, 0.1) is 11.8 Å². The van der Waals surface area contributed by atoms with Crippen LogP contribution in [0.3, 0.4) is 0 Å². The molecule has 1 amide bonds. The maximum Gasteiger partial charge on any atom is 0.307 e. The normalized spacial score (nSPS) is 30.4. The summed E-state index contributed by atoms with van der Waals surface area (Å²) in [6, 6.07) is 9.64. The minimum atomic E-state index is -0.860. The highest BCUT2D eigenvalue weighted by atomic mass is 16.4. The van der Waals surface area contributed by atoms with Crippen molar-refractivity contribution >= 4 is 11.9 Å². The molecule has 0 heterocycles. The Bertz CT molecular complexity index is 552. The van der Waals surface area contributed by atoms with Gasteiger partial charge in [0.15, 0.2) is 0 Å². The average Bonchev–Trinajstić information content (AvgIpc) is 3.06. The van der Waals surface area contributed by atoms with Crippen LogP contribution in [0.2, 0.25) is 0 Å². The number of fused-ring (bicyclic) bond motifs is 2. The minimum absolute atomic E-state index is 0.0185. The van der Waals surface area contributed by atoms with Gasteiger partial charge >= 0.3 is 5.97 Å². The number of amides is 1. The Morgan fingerprint density at radius 1 is 1.10 bits per heavy atom. The second-order valence-electron chi connectivity index (χ2n) is 5.54. The van der Waals surface area contributed by atoms with Crippen molar-refractivity contribution in [3.8, 4) is 0 Å². The second-order valence-corrected chi connectivity index (χ2v) is 5.54. The van der Waals surface area contributed by atoms with E-state index in [4.69, 9.17) is 0 Å². The van der Waals surface area contributed by atoms with Crippen molar-refractivity contribution in [1.82, 2.24) is 5.32 Å². The number of carboxylic acids is 1. The van der Waals surface area contributed by atoms with Crippen molar-refractivity contribution in [2.75, 3.05) is 0 Å². The third kappa shape index (κ3) is 2.22. The predicted octanol–water partition coefficient (Wildman–Crippen LogP) is 1.83. The van der Waals surface area contributed by atoms with Crippen LogP contribution in [0.4, 0.5) is 0 Å². The van der Waals surface area contributed by atoms with Gasteiger partial charge in [0.2, 0.25) is 5.91 Å². The second kappa shape index (κ2) is 5.12. The zero-order chi connectivity index (χ0) is 14.1. The zero-order valence-corrected chi connectivity index (χ0v) is 11.0. The van der Waals surface area contributed by atoms with Crippen LogP contribution in [0.15, 0.2) is 42.5 Å². The van der Waals surface area contributed by atoms with E-state index < -0.39 is 17.8 Å². The molecule has 4 heteroatoms. The van der Waals surface area contributed by atoms with Gasteiger partial charge < -0.3 is 10.4 Å². The number of aliphatic carboxylic acids is 1. The first-order valence-electron chi connectivity index (χ1n) is 6.89. The lowest BCUT2D eigenvalue weighted by Gasteiger charge is -2.23. The van der Waals surface area contributed by atoms with E-state index in [1.165, 1.54) is 0 Å². The van der Waals surface area contributed by atoms with Crippen molar-refractivity contribution < 1.29 is 14.7 Å². The van der Waals surface area contributed by atoms with Crippen LogP contribution < -0.4 is 5.32 Å². The number of hydrogen-bond donors (Lipinski definition) is 2. The molecule has 1 saturated carbocycles. The highest BCUT2D eigenvalue weighted by molar-refractivity contribution is 5.86. The van der Waals surface area contributed by atoms with Crippen LogP contribution in [0.1, 0.15) is 12.0 Å². The Morgan fingerprint density at radius 2 is 1.75 bits per heavy atom. The molecule has 3 rings (SSSR count). The van der Waals surface area contributed by atoms with Crippen molar-refractivity contribution in [2.24, 2.45) is 23.7 Å². The van der Waals surface area contributed by atoms with Crippen molar-refractivity contribution in [3.63, 3.8) is 0 Å². The molecule has 1 fully saturated rings. The largest absolute Gasteiger partial charge is 0.481 e. The summed E-state index contributed by atoms with van der Waals surface area (Å²) in [7, 11) is 0. The van der Waals surface area contributed by atoms with Gasteiger partial charge in [-0.1, -0.05) is 42.5 Å². The Morgan fingerprint density at radius 3 is 2.40 bits per heavy atom. The Hall–Kier alpha value is -2.10. The zero-order valence-electron chi connectivity index (χ0n) is 11.0. The van der Waals surface area contributed by atoms with Crippen LogP contribution in [0.5, 0.6) is 0 Å². The van der Waals surface area contributed by atoms with Crippen LogP contribution >= 0.6 is 0 Å². The molecule has 0 saturated heterocycles. The molecule has 2 aliphatic rings. The van der Waals surface area contributed by atoms with Crippen molar-refractivity contribution in [1.29, 1.82) is 0 Å². The molecule has 2 N–H and O–H groups in total. The minimum Gasteiger partial charge on any atom is -0.481 e. The van der Waals surface area contributed by atoms with Crippen LogP contribution in [-0.4, -0.2) is 17.0 Å². The van der Waals surface area contributed by atoms with Gasteiger partial charge in [0, 0.05) is 6.54 Å². The number of nitrogens with one attached hydrogen (secondary N) is 1. The molecule has 0 aromatic heterocycles. The summed E-state index contributed by atoms with van der Waals surface area (Å²) in [6.07, 6.45) is 4.74. The third-order valence-electron chi connectivity index (χ3n) is 4.36. The van der Waals surface area contributed by atoms with E-state index in [9.17, 15) is 14.7 Å². The van der Waals surface area contributed by atoms with E-state index in [2.05, 4.69) is 5.32 Å². The lowest BCUT2D eigenvalue weighted by molar-refractivity contribution is -0.147. The molecule has 0 spiro atoms. The summed E-state index contributed by atoms with van der Waals surface area (Å²) < 4.78 is 0. The number of benzene rings is 1. The molecule has 20 heavy (non-hydrogen) atoms. The highest BCUT2D eigenvalue weighted by Crippen LogP contribution is 2.48. The Labute approximate surface area is 117 Å². The van der Waals surface area contributed by atoms with Crippen LogP contribution in [0, 0.1) is 23.7 Å². The molecule has 2 aliphatic carbocycles. The van der Waals surface area contributed by atoms with Gasteiger partial charge in [-0.15, -0.1) is 0 Å². The maximum absolute atomic E-state index is 12.3. The smallest absolute Gasteiger partial charge is 0.307 e. The van der Waals surface area contributed by atoms with Crippen LogP contribution in [-0.2, 0) is 16.1 Å². The monoisotopic (exact) mass is 271 g/mol. The number of carboxylic acid groups (broad SMARTS) is 1. The molecule has 4 nitrogen and oxygen atoms in total. The maximum atomic E-state index is 12.3. The number of allylic oxidation sites excluding steroid dienone is 2. The third-order valence-corrected chi connectivity index (χ3v) is 4.36. The van der Waals surface area contributed by atoms with E-state index in [0.717, 1.165) is 12.0 Å². The van der Waals surface area contributed by atoms with Gasteiger partial charge in [0.25, 0.3) is 0 Å². The van der Waals surface area contributed by atoms with E-state index in [1.54, 1.807) is 0 Å². The number of carbonyl (C=O) groups is 2.